The summed E-state index contributed by atoms with van der Waals surface area (Å²) in [5.74, 6) is 2.05. The third-order valence-electron chi connectivity index (χ3n) is 6.31. The van der Waals surface area contributed by atoms with Gasteiger partial charge in [-0.15, -0.1) is 0 Å². The molecule has 6 nitrogen and oxygen atoms in total. The Morgan fingerprint density at radius 2 is 1.96 bits per heavy atom. The van der Waals surface area contributed by atoms with E-state index in [0.29, 0.717) is 23.8 Å². The zero-order chi connectivity index (χ0) is 19.0. The number of rotatable bonds is 4. The molecule has 0 unspecified atom stereocenters. The van der Waals surface area contributed by atoms with Gasteiger partial charge in [0, 0.05) is 56.3 Å². The van der Waals surface area contributed by atoms with Crippen molar-refractivity contribution in [1.82, 2.24) is 19.8 Å². The lowest BCUT2D eigenvalue weighted by Crippen LogP contribution is -2.55. The molecule has 0 aromatic carbocycles. The maximum atomic E-state index is 13.0. The molecule has 4 rings (SSSR count). The van der Waals surface area contributed by atoms with Crippen LogP contribution in [0.2, 0.25) is 0 Å². The largest absolute Gasteiger partial charge is 0.342 e. The Morgan fingerprint density at radius 3 is 2.63 bits per heavy atom. The van der Waals surface area contributed by atoms with Gasteiger partial charge in [0.15, 0.2) is 0 Å². The highest BCUT2D eigenvalue weighted by Crippen LogP contribution is 2.41. The van der Waals surface area contributed by atoms with E-state index in [-0.39, 0.29) is 17.2 Å². The van der Waals surface area contributed by atoms with Crippen molar-refractivity contribution in [1.29, 1.82) is 0 Å². The Kier molecular flexibility index (Phi) is 4.91. The van der Waals surface area contributed by atoms with Crippen LogP contribution in [0, 0.1) is 11.3 Å². The first-order valence-corrected chi connectivity index (χ1v) is 10.3. The third kappa shape index (κ3) is 3.99. The fourth-order valence-corrected chi connectivity index (χ4v) is 4.52. The van der Waals surface area contributed by atoms with E-state index in [1.165, 1.54) is 12.8 Å². The Labute approximate surface area is 161 Å². The van der Waals surface area contributed by atoms with Gasteiger partial charge < -0.3 is 9.80 Å². The van der Waals surface area contributed by atoms with Gasteiger partial charge in [-0.25, -0.2) is 9.97 Å². The predicted molar refractivity (Wildman–Crippen MR) is 102 cm³/mol. The average molecular weight is 370 g/mol. The molecule has 0 N–H and O–H groups in total. The molecule has 0 bridgehead atoms. The SMILES string of the molecule is CC(C)c1ncc(C(=O)N2CCC[C@]3(CCC(=O)N(CC4CC4)C3)C2)cn1. The van der Waals surface area contributed by atoms with E-state index in [2.05, 4.69) is 14.9 Å². The van der Waals surface area contributed by atoms with Gasteiger partial charge in [0.1, 0.15) is 5.82 Å². The highest BCUT2D eigenvalue weighted by Gasteiger charge is 2.43. The molecule has 1 aromatic rings. The van der Waals surface area contributed by atoms with E-state index in [4.69, 9.17) is 0 Å². The number of amides is 2. The second-order valence-electron chi connectivity index (χ2n) is 9.03. The number of nitrogens with zero attached hydrogens (tertiary/aromatic N) is 4. The van der Waals surface area contributed by atoms with Crippen molar-refractivity contribution in [2.24, 2.45) is 11.3 Å². The zero-order valence-corrected chi connectivity index (χ0v) is 16.5. The maximum Gasteiger partial charge on any atom is 0.257 e. The molecule has 2 aliphatic heterocycles. The van der Waals surface area contributed by atoms with Crippen molar-refractivity contribution < 1.29 is 9.59 Å². The van der Waals surface area contributed by atoms with Gasteiger partial charge >= 0.3 is 0 Å². The number of carbonyl (C=O) groups is 2. The van der Waals surface area contributed by atoms with E-state index in [1.54, 1.807) is 12.4 Å². The number of likely N-dealkylation sites (tertiary alicyclic amines) is 2. The summed E-state index contributed by atoms with van der Waals surface area (Å²) in [4.78, 5) is 38.1. The fourth-order valence-electron chi connectivity index (χ4n) is 4.52. The number of hydrogen-bond acceptors (Lipinski definition) is 4. The van der Waals surface area contributed by atoms with Gasteiger partial charge in [-0.1, -0.05) is 13.8 Å². The van der Waals surface area contributed by atoms with Crippen molar-refractivity contribution in [2.45, 2.75) is 58.3 Å². The Balaban J connectivity index is 1.45. The smallest absolute Gasteiger partial charge is 0.257 e. The van der Waals surface area contributed by atoms with E-state index >= 15 is 0 Å². The number of piperidine rings is 2. The number of hydrogen-bond donors (Lipinski definition) is 0. The summed E-state index contributed by atoms with van der Waals surface area (Å²) in [5.41, 5.74) is 0.633. The van der Waals surface area contributed by atoms with Crippen LogP contribution in [-0.2, 0) is 4.79 Å². The van der Waals surface area contributed by atoms with E-state index in [9.17, 15) is 9.59 Å². The van der Waals surface area contributed by atoms with Crippen molar-refractivity contribution in [2.75, 3.05) is 26.2 Å². The standard InChI is InChI=1S/C21H30N4O2/c1-15(2)19-22-10-17(11-23-19)20(27)24-9-3-7-21(13-24)8-6-18(26)25(14-21)12-16-4-5-16/h10-11,15-16H,3-9,12-14H2,1-2H3/t21-/m0/s1. The lowest BCUT2D eigenvalue weighted by Gasteiger charge is -2.48. The summed E-state index contributed by atoms with van der Waals surface area (Å²) in [6.07, 6.45) is 9.48. The minimum atomic E-state index is 0.0232. The average Bonchev–Trinajstić information content (AvgIpc) is 3.49. The topological polar surface area (TPSA) is 66.4 Å². The van der Waals surface area contributed by atoms with Crippen LogP contribution in [0.25, 0.3) is 0 Å². The second kappa shape index (κ2) is 7.21. The molecule has 2 amide bonds. The summed E-state index contributed by atoms with van der Waals surface area (Å²) in [5, 5.41) is 0. The fraction of sp³-hybridized carbons (Fsp3) is 0.714. The van der Waals surface area contributed by atoms with Crippen LogP contribution in [0.3, 0.4) is 0 Å². The Bertz CT molecular complexity index is 713. The minimum absolute atomic E-state index is 0.0232. The first kappa shape index (κ1) is 18.4. The van der Waals surface area contributed by atoms with E-state index < -0.39 is 0 Å². The van der Waals surface area contributed by atoms with Crippen LogP contribution in [0.15, 0.2) is 12.4 Å². The maximum absolute atomic E-state index is 13.0. The Morgan fingerprint density at radius 1 is 1.22 bits per heavy atom. The van der Waals surface area contributed by atoms with Crippen molar-refractivity contribution in [3.8, 4) is 0 Å². The van der Waals surface area contributed by atoms with Crippen LogP contribution >= 0.6 is 0 Å². The molecule has 3 heterocycles. The highest BCUT2D eigenvalue weighted by molar-refractivity contribution is 5.93. The lowest BCUT2D eigenvalue weighted by atomic mass is 9.73. The van der Waals surface area contributed by atoms with Crippen LogP contribution in [0.1, 0.15) is 74.5 Å². The van der Waals surface area contributed by atoms with Gasteiger partial charge in [0.25, 0.3) is 5.91 Å². The molecular weight excluding hydrogens is 340 g/mol. The summed E-state index contributed by atoms with van der Waals surface area (Å²) in [6.45, 7) is 7.34. The van der Waals surface area contributed by atoms with Crippen LogP contribution < -0.4 is 0 Å². The molecule has 1 spiro atoms. The van der Waals surface area contributed by atoms with Crippen molar-refractivity contribution in [3.05, 3.63) is 23.8 Å². The molecule has 1 aliphatic carbocycles. The van der Waals surface area contributed by atoms with Gasteiger partial charge in [-0.3, -0.25) is 9.59 Å². The molecular formula is C21H30N4O2. The molecule has 1 saturated carbocycles. The van der Waals surface area contributed by atoms with Gasteiger partial charge in [0.05, 0.1) is 5.56 Å². The number of carbonyl (C=O) groups excluding carboxylic acids is 2. The first-order chi connectivity index (χ1) is 13.0. The molecule has 146 valence electrons. The molecule has 27 heavy (non-hydrogen) atoms. The predicted octanol–water partition coefficient (Wildman–Crippen LogP) is 2.85. The first-order valence-electron chi connectivity index (χ1n) is 10.3. The molecule has 3 aliphatic rings. The van der Waals surface area contributed by atoms with Crippen LogP contribution in [0.4, 0.5) is 0 Å². The molecule has 1 atom stereocenters. The molecule has 0 radical (unpaired) electrons. The van der Waals surface area contributed by atoms with E-state index in [0.717, 1.165) is 51.3 Å². The lowest BCUT2D eigenvalue weighted by molar-refractivity contribution is -0.139. The Hall–Kier alpha value is -1.98. The zero-order valence-electron chi connectivity index (χ0n) is 16.5. The highest BCUT2D eigenvalue weighted by atomic mass is 16.2. The molecule has 2 saturated heterocycles. The molecule has 3 fully saturated rings. The van der Waals surface area contributed by atoms with Gasteiger partial charge in [0.2, 0.25) is 5.91 Å². The summed E-state index contributed by atoms with van der Waals surface area (Å²) in [7, 11) is 0. The number of aromatic nitrogens is 2. The second-order valence-corrected chi connectivity index (χ2v) is 9.03. The minimum Gasteiger partial charge on any atom is -0.342 e. The summed E-state index contributed by atoms with van der Waals surface area (Å²) in [6, 6.07) is 0. The van der Waals surface area contributed by atoms with Gasteiger partial charge in [-0.2, -0.15) is 0 Å². The monoisotopic (exact) mass is 370 g/mol. The molecule has 6 heteroatoms. The quantitative estimate of drug-likeness (QED) is 0.817. The summed E-state index contributed by atoms with van der Waals surface area (Å²) >= 11 is 0. The summed E-state index contributed by atoms with van der Waals surface area (Å²) < 4.78 is 0. The van der Waals surface area contributed by atoms with Crippen LogP contribution in [-0.4, -0.2) is 57.8 Å². The van der Waals surface area contributed by atoms with Crippen LogP contribution in [0.5, 0.6) is 0 Å². The van der Waals surface area contributed by atoms with Crippen molar-refractivity contribution >= 4 is 11.8 Å². The van der Waals surface area contributed by atoms with Crippen molar-refractivity contribution in [3.63, 3.8) is 0 Å². The third-order valence-corrected chi connectivity index (χ3v) is 6.31. The normalized spacial score (nSPS) is 26.1. The van der Waals surface area contributed by atoms with E-state index in [1.807, 2.05) is 18.7 Å². The van der Waals surface area contributed by atoms with Gasteiger partial charge in [-0.05, 0) is 38.0 Å². The molecule has 1 aromatic heterocycles.